The van der Waals surface area contributed by atoms with Gasteiger partial charge in [-0.2, -0.15) is 0 Å². The molecule has 2 N–H and O–H groups in total. The van der Waals surface area contributed by atoms with Crippen LogP contribution in [0.15, 0.2) is 0 Å². The second-order valence-electron chi connectivity index (χ2n) is 1.78. The van der Waals surface area contributed by atoms with E-state index in [-0.39, 0.29) is 6.61 Å². The van der Waals surface area contributed by atoms with E-state index >= 15 is 0 Å². The molecular formula is C4H9NO4S. The van der Waals surface area contributed by atoms with Gasteiger partial charge in [0.25, 0.3) is 0 Å². The molecule has 0 rings (SSSR count). The number of nitrogens with two attached hydrogens (primary N) is 1. The predicted molar refractivity (Wildman–Crippen MR) is 34.9 cm³/mol. The Labute approximate surface area is 59.2 Å². The molecule has 0 unspecified atom stereocenters. The number of hydrogen-bond donors (Lipinski definition) is 1. The van der Waals surface area contributed by atoms with E-state index < -0.39 is 21.6 Å². The van der Waals surface area contributed by atoms with Crippen molar-refractivity contribution in [3.05, 3.63) is 0 Å². The summed E-state index contributed by atoms with van der Waals surface area (Å²) in [5.74, 6) is -1.19. The van der Waals surface area contributed by atoms with Gasteiger partial charge in [0.2, 0.25) is 10.0 Å². The highest BCUT2D eigenvalue weighted by Gasteiger charge is 2.09. The number of carbonyl (C=O) groups excluding carboxylic acids is 1. The highest BCUT2D eigenvalue weighted by Crippen LogP contribution is 1.80. The maximum absolute atomic E-state index is 10.5. The van der Waals surface area contributed by atoms with Crippen LogP contribution in [0.1, 0.15) is 0 Å². The zero-order valence-electron chi connectivity index (χ0n) is 5.53. The van der Waals surface area contributed by atoms with Crippen molar-refractivity contribution in [2.24, 2.45) is 5.14 Å². The van der Waals surface area contributed by atoms with Crippen LogP contribution < -0.4 is 5.14 Å². The summed E-state index contributed by atoms with van der Waals surface area (Å²) in [6.07, 6.45) is 0. The van der Waals surface area contributed by atoms with Crippen LogP contribution in [0.3, 0.4) is 0 Å². The average Bonchev–Trinajstić information content (AvgIpc) is 1.59. The van der Waals surface area contributed by atoms with E-state index in [1.165, 1.54) is 7.11 Å². The molecule has 0 saturated carbocycles. The van der Waals surface area contributed by atoms with E-state index in [2.05, 4.69) is 9.88 Å². The minimum absolute atomic E-state index is 0.212. The van der Waals surface area contributed by atoms with Crippen molar-refractivity contribution in [3.63, 3.8) is 0 Å². The van der Waals surface area contributed by atoms with Gasteiger partial charge in [-0.1, -0.05) is 0 Å². The second-order valence-corrected chi connectivity index (χ2v) is 3.39. The van der Waals surface area contributed by atoms with Crippen molar-refractivity contribution in [1.29, 1.82) is 0 Å². The van der Waals surface area contributed by atoms with Crippen LogP contribution in [0.5, 0.6) is 0 Å². The molecule has 0 bridgehead atoms. The maximum atomic E-state index is 10.5. The maximum Gasteiger partial charge on any atom is 0.216 e. The molecule has 0 radical (unpaired) electrons. The Balaban J connectivity index is 3.82. The van der Waals surface area contributed by atoms with Crippen molar-refractivity contribution in [2.45, 2.75) is 0 Å². The Morgan fingerprint density at radius 2 is 2.10 bits per heavy atom. The number of ether oxygens (including phenoxy) is 1. The number of hydrogen-bond acceptors (Lipinski definition) is 4. The fourth-order valence-electron chi connectivity index (χ4n) is 0.427. The summed E-state index contributed by atoms with van der Waals surface area (Å²) in [4.78, 5) is 10.5. The van der Waals surface area contributed by atoms with Gasteiger partial charge in [-0.05, 0) is 0 Å². The normalized spacial score (nSPS) is 11.4. The van der Waals surface area contributed by atoms with Gasteiger partial charge in [-0.15, -0.1) is 0 Å². The summed E-state index contributed by atoms with van der Waals surface area (Å²) in [6, 6.07) is 0. The molecule has 0 aliphatic carbocycles. The zero-order chi connectivity index (χ0) is 8.20. The molecule has 0 fully saturated rings. The number of Topliss-reactive ketones (excluding diaryl/α,β-unsaturated/α-hetero) is 1. The number of rotatable bonds is 4. The lowest BCUT2D eigenvalue weighted by Crippen LogP contribution is -2.25. The number of ketones is 1. The van der Waals surface area contributed by atoms with E-state index in [1.807, 2.05) is 0 Å². The molecule has 0 aromatic heterocycles. The van der Waals surface area contributed by atoms with Gasteiger partial charge < -0.3 is 4.74 Å². The van der Waals surface area contributed by atoms with Crippen LogP contribution in [0, 0.1) is 0 Å². The molecule has 0 aromatic carbocycles. The van der Waals surface area contributed by atoms with E-state index in [4.69, 9.17) is 0 Å². The fourth-order valence-corrected chi connectivity index (χ4v) is 0.959. The standard InChI is InChI=1S/C4H9NO4S/c1-9-2-4(6)3-10(5,7)8/h2-3H2,1H3,(H2,5,7,8). The number of sulfonamides is 1. The molecule has 5 nitrogen and oxygen atoms in total. The fraction of sp³-hybridized carbons (Fsp3) is 0.750. The summed E-state index contributed by atoms with van der Waals surface area (Å²) in [5.41, 5.74) is 0. The first-order valence-corrected chi connectivity index (χ1v) is 4.18. The summed E-state index contributed by atoms with van der Waals surface area (Å²) in [7, 11) is -2.37. The van der Waals surface area contributed by atoms with Gasteiger partial charge in [0.15, 0.2) is 5.78 Å². The molecule has 10 heavy (non-hydrogen) atoms. The lowest BCUT2D eigenvalue weighted by atomic mass is 10.5. The lowest BCUT2D eigenvalue weighted by molar-refractivity contribution is -0.120. The van der Waals surface area contributed by atoms with Crippen LogP contribution in [0.25, 0.3) is 0 Å². The van der Waals surface area contributed by atoms with E-state index in [9.17, 15) is 13.2 Å². The molecule has 0 spiro atoms. The third-order valence-corrected chi connectivity index (χ3v) is 1.39. The molecular weight excluding hydrogens is 158 g/mol. The molecule has 6 heteroatoms. The third kappa shape index (κ3) is 5.67. The minimum atomic E-state index is -3.68. The van der Waals surface area contributed by atoms with Crippen molar-refractivity contribution in [1.82, 2.24) is 0 Å². The van der Waals surface area contributed by atoms with Crippen LogP contribution in [0.4, 0.5) is 0 Å². The Morgan fingerprint density at radius 3 is 2.40 bits per heavy atom. The third-order valence-electron chi connectivity index (χ3n) is 0.667. The highest BCUT2D eigenvalue weighted by atomic mass is 32.2. The molecule has 0 saturated heterocycles. The SMILES string of the molecule is COCC(=O)CS(N)(=O)=O. The molecule has 60 valence electrons. The van der Waals surface area contributed by atoms with Crippen LogP contribution >= 0.6 is 0 Å². The topological polar surface area (TPSA) is 86.5 Å². The van der Waals surface area contributed by atoms with E-state index in [0.717, 1.165) is 0 Å². The van der Waals surface area contributed by atoms with E-state index in [1.54, 1.807) is 0 Å². The summed E-state index contributed by atoms with van der Waals surface area (Å²) < 4.78 is 24.8. The molecule has 0 heterocycles. The van der Waals surface area contributed by atoms with Gasteiger partial charge in [0, 0.05) is 7.11 Å². The van der Waals surface area contributed by atoms with Crippen LogP contribution in [-0.2, 0) is 19.6 Å². The minimum Gasteiger partial charge on any atom is -0.377 e. The number of methoxy groups -OCH3 is 1. The monoisotopic (exact) mass is 167 g/mol. The summed E-state index contributed by atoms with van der Waals surface area (Å²) in [6.45, 7) is -0.212. The van der Waals surface area contributed by atoms with Crippen molar-refractivity contribution < 1.29 is 17.9 Å². The Morgan fingerprint density at radius 1 is 1.60 bits per heavy atom. The van der Waals surface area contributed by atoms with Gasteiger partial charge in [0.1, 0.15) is 12.4 Å². The molecule has 0 aromatic rings. The van der Waals surface area contributed by atoms with Gasteiger partial charge in [0.05, 0.1) is 0 Å². The zero-order valence-corrected chi connectivity index (χ0v) is 6.35. The molecule has 0 aliphatic rings. The quantitative estimate of drug-likeness (QED) is 0.551. The Kier molecular flexibility index (Phi) is 3.48. The first-order valence-electron chi connectivity index (χ1n) is 2.47. The van der Waals surface area contributed by atoms with Gasteiger partial charge >= 0.3 is 0 Å². The van der Waals surface area contributed by atoms with E-state index in [0.29, 0.717) is 0 Å². The largest absolute Gasteiger partial charge is 0.377 e. The number of primary sulfonamides is 1. The predicted octanol–water partition coefficient (Wildman–Crippen LogP) is -1.51. The lowest BCUT2D eigenvalue weighted by Gasteiger charge is -1.95. The van der Waals surface area contributed by atoms with Gasteiger partial charge in [-0.3, -0.25) is 4.79 Å². The van der Waals surface area contributed by atoms with Crippen molar-refractivity contribution >= 4 is 15.8 Å². The summed E-state index contributed by atoms with van der Waals surface area (Å²) >= 11 is 0. The van der Waals surface area contributed by atoms with Crippen molar-refractivity contribution in [3.8, 4) is 0 Å². The second kappa shape index (κ2) is 3.65. The first-order chi connectivity index (χ1) is 4.45. The first kappa shape index (κ1) is 9.54. The number of carbonyl (C=O) groups is 1. The van der Waals surface area contributed by atoms with Crippen molar-refractivity contribution in [2.75, 3.05) is 19.5 Å². The Hall–Kier alpha value is -0.460. The molecule has 0 aliphatic heterocycles. The Bertz CT molecular complexity index is 207. The van der Waals surface area contributed by atoms with Crippen LogP contribution in [-0.4, -0.2) is 33.7 Å². The smallest absolute Gasteiger partial charge is 0.216 e. The summed E-state index contributed by atoms with van der Waals surface area (Å²) in [5, 5.41) is 4.56. The van der Waals surface area contributed by atoms with Crippen LogP contribution in [0.2, 0.25) is 0 Å². The highest BCUT2D eigenvalue weighted by molar-refractivity contribution is 7.89. The average molecular weight is 167 g/mol. The molecule has 0 amide bonds. The van der Waals surface area contributed by atoms with Gasteiger partial charge in [-0.25, -0.2) is 13.6 Å². The molecule has 0 atom stereocenters.